The topological polar surface area (TPSA) is 21.3 Å². The molecule has 1 saturated carbocycles. The van der Waals surface area contributed by atoms with E-state index in [1.165, 1.54) is 25.8 Å². The number of hydrogen-bond acceptors (Lipinski definition) is 2. The van der Waals surface area contributed by atoms with Crippen molar-refractivity contribution in [2.24, 2.45) is 11.8 Å². The molecule has 0 bridgehead atoms. The average Bonchev–Trinajstić information content (AvgIpc) is 2.65. The van der Waals surface area contributed by atoms with Crippen LogP contribution in [0.4, 0.5) is 0 Å². The molecule has 0 aromatic carbocycles. The van der Waals surface area contributed by atoms with Crippen LogP contribution in [0.1, 0.15) is 40.0 Å². The van der Waals surface area contributed by atoms with E-state index in [0.717, 1.165) is 18.4 Å². The van der Waals surface area contributed by atoms with Gasteiger partial charge in [0.15, 0.2) is 0 Å². The molecule has 2 rings (SSSR count). The minimum absolute atomic E-state index is 0.268. The van der Waals surface area contributed by atoms with Crippen LogP contribution in [-0.2, 0) is 4.74 Å². The minimum Gasteiger partial charge on any atom is -0.378 e. The van der Waals surface area contributed by atoms with Crippen LogP contribution in [0.3, 0.4) is 0 Å². The summed E-state index contributed by atoms with van der Waals surface area (Å²) >= 11 is 0. The first-order valence-corrected chi connectivity index (χ1v) is 5.93. The van der Waals surface area contributed by atoms with Crippen molar-refractivity contribution in [1.29, 1.82) is 0 Å². The Morgan fingerprint density at radius 3 is 2.71 bits per heavy atom. The summed E-state index contributed by atoms with van der Waals surface area (Å²) in [7, 11) is 0. The van der Waals surface area contributed by atoms with Gasteiger partial charge in [-0.05, 0) is 58.4 Å². The Bertz CT molecular complexity index is 191. The third kappa shape index (κ3) is 2.71. The third-order valence-electron chi connectivity index (χ3n) is 3.31. The smallest absolute Gasteiger partial charge is 0.0607 e. The summed E-state index contributed by atoms with van der Waals surface area (Å²) in [6, 6.07) is 0. The average molecular weight is 197 g/mol. The molecule has 2 fully saturated rings. The molecule has 1 heterocycles. The fourth-order valence-electron chi connectivity index (χ4n) is 2.34. The molecule has 0 aromatic rings. The Labute approximate surface area is 87.4 Å². The van der Waals surface area contributed by atoms with Gasteiger partial charge in [-0.15, -0.1) is 0 Å². The maximum Gasteiger partial charge on any atom is 0.0607 e. The number of ether oxygens (including phenoxy) is 1. The third-order valence-corrected chi connectivity index (χ3v) is 3.31. The Hall–Kier alpha value is -0.0800. The lowest BCUT2D eigenvalue weighted by Crippen LogP contribution is -2.37. The van der Waals surface area contributed by atoms with E-state index < -0.39 is 0 Å². The minimum atomic E-state index is 0.268. The summed E-state index contributed by atoms with van der Waals surface area (Å²) in [5.74, 6) is 1.75. The maximum absolute atomic E-state index is 5.71. The summed E-state index contributed by atoms with van der Waals surface area (Å²) in [4.78, 5) is 0. The highest BCUT2D eigenvalue weighted by Crippen LogP contribution is 2.44. The molecule has 1 N–H and O–H groups in total. The molecule has 2 aliphatic rings. The molecule has 3 unspecified atom stereocenters. The Morgan fingerprint density at radius 1 is 1.36 bits per heavy atom. The van der Waals surface area contributed by atoms with E-state index in [4.69, 9.17) is 4.74 Å². The SMILES string of the molecule is CC(C)(C)NCC1CC1C1CCCO1. The number of hydrogen-bond donors (Lipinski definition) is 1. The molecule has 82 valence electrons. The van der Waals surface area contributed by atoms with Crippen LogP contribution in [0.15, 0.2) is 0 Å². The molecular formula is C12H23NO. The molecular weight excluding hydrogens is 174 g/mol. The van der Waals surface area contributed by atoms with Gasteiger partial charge in [-0.1, -0.05) is 0 Å². The predicted octanol–water partition coefficient (Wildman–Crippen LogP) is 2.19. The molecule has 0 radical (unpaired) electrons. The van der Waals surface area contributed by atoms with E-state index in [0.29, 0.717) is 6.10 Å². The van der Waals surface area contributed by atoms with Gasteiger partial charge in [0.05, 0.1) is 6.10 Å². The van der Waals surface area contributed by atoms with E-state index >= 15 is 0 Å². The molecule has 0 amide bonds. The molecule has 1 aliphatic heterocycles. The second kappa shape index (κ2) is 3.82. The van der Waals surface area contributed by atoms with E-state index in [2.05, 4.69) is 26.1 Å². The largest absolute Gasteiger partial charge is 0.378 e. The summed E-state index contributed by atoms with van der Waals surface area (Å²) < 4.78 is 5.71. The van der Waals surface area contributed by atoms with Crippen molar-refractivity contribution >= 4 is 0 Å². The van der Waals surface area contributed by atoms with E-state index in [9.17, 15) is 0 Å². The van der Waals surface area contributed by atoms with Gasteiger partial charge in [-0.25, -0.2) is 0 Å². The molecule has 0 aromatic heterocycles. The van der Waals surface area contributed by atoms with Crippen LogP contribution in [0.25, 0.3) is 0 Å². The van der Waals surface area contributed by atoms with Crippen molar-refractivity contribution in [3.8, 4) is 0 Å². The lowest BCUT2D eigenvalue weighted by molar-refractivity contribution is 0.0893. The maximum atomic E-state index is 5.71. The molecule has 14 heavy (non-hydrogen) atoms. The monoisotopic (exact) mass is 197 g/mol. The van der Waals surface area contributed by atoms with Gasteiger partial charge in [-0.3, -0.25) is 0 Å². The Morgan fingerprint density at radius 2 is 2.14 bits per heavy atom. The molecule has 2 heteroatoms. The highest BCUT2D eigenvalue weighted by molar-refractivity contribution is 4.95. The summed E-state index contributed by atoms with van der Waals surface area (Å²) in [5, 5.41) is 3.58. The van der Waals surface area contributed by atoms with Crippen LogP contribution in [-0.4, -0.2) is 24.8 Å². The van der Waals surface area contributed by atoms with Crippen LogP contribution in [0.2, 0.25) is 0 Å². The van der Waals surface area contributed by atoms with E-state index in [-0.39, 0.29) is 5.54 Å². The van der Waals surface area contributed by atoms with Gasteiger partial charge in [0.1, 0.15) is 0 Å². The van der Waals surface area contributed by atoms with Crippen LogP contribution in [0, 0.1) is 11.8 Å². The van der Waals surface area contributed by atoms with Gasteiger partial charge in [-0.2, -0.15) is 0 Å². The Kier molecular flexibility index (Phi) is 2.85. The number of rotatable bonds is 3. The fourth-order valence-corrected chi connectivity index (χ4v) is 2.34. The standard InChI is InChI=1S/C12H23NO/c1-12(2,3)13-8-9-7-10(9)11-5-4-6-14-11/h9-11,13H,4-8H2,1-3H3. The normalized spacial score (nSPS) is 37.5. The first-order chi connectivity index (χ1) is 6.56. The van der Waals surface area contributed by atoms with Gasteiger partial charge in [0.25, 0.3) is 0 Å². The second-order valence-electron chi connectivity index (χ2n) is 5.84. The van der Waals surface area contributed by atoms with Crippen molar-refractivity contribution in [2.45, 2.75) is 51.7 Å². The van der Waals surface area contributed by atoms with Crippen molar-refractivity contribution in [2.75, 3.05) is 13.2 Å². The zero-order valence-corrected chi connectivity index (χ0v) is 9.68. The molecule has 1 saturated heterocycles. The lowest BCUT2D eigenvalue weighted by Gasteiger charge is -2.20. The van der Waals surface area contributed by atoms with Gasteiger partial charge >= 0.3 is 0 Å². The first-order valence-electron chi connectivity index (χ1n) is 5.93. The highest BCUT2D eigenvalue weighted by Gasteiger charge is 2.44. The molecule has 2 nitrogen and oxygen atoms in total. The highest BCUT2D eigenvalue weighted by atomic mass is 16.5. The molecule has 1 aliphatic carbocycles. The first kappa shape index (κ1) is 10.4. The van der Waals surface area contributed by atoms with Crippen molar-refractivity contribution in [1.82, 2.24) is 5.32 Å². The van der Waals surface area contributed by atoms with Gasteiger partial charge in [0, 0.05) is 12.1 Å². The quantitative estimate of drug-likeness (QED) is 0.749. The summed E-state index contributed by atoms with van der Waals surface area (Å²) in [6.45, 7) is 8.87. The van der Waals surface area contributed by atoms with E-state index in [1.807, 2.05) is 0 Å². The molecule has 3 atom stereocenters. The molecule has 0 spiro atoms. The van der Waals surface area contributed by atoms with Crippen molar-refractivity contribution in [3.63, 3.8) is 0 Å². The van der Waals surface area contributed by atoms with Gasteiger partial charge < -0.3 is 10.1 Å². The van der Waals surface area contributed by atoms with Crippen LogP contribution in [0.5, 0.6) is 0 Å². The number of nitrogens with one attached hydrogen (secondary N) is 1. The zero-order valence-electron chi connectivity index (χ0n) is 9.68. The van der Waals surface area contributed by atoms with Crippen LogP contribution < -0.4 is 5.32 Å². The fraction of sp³-hybridized carbons (Fsp3) is 1.00. The Balaban J connectivity index is 1.66. The summed E-state index contributed by atoms with van der Waals surface area (Å²) in [5.41, 5.74) is 0.268. The summed E-state index contributed by atoms with van der Waals surface area (Å²) in [6.07, 6.45) is 4.56. The predicted molar refractivity (Wildman–Crippen MR) is 58.3 cm³/mol. The van der Waals surface area contributed by atoms with Crippen molar-refractivity contribution in [3.05, 3.63) is 0 Å². The lowest BCUT2D eigenvalue weighted by atomic mass is 10.1. The second-order valence-corrected chi connectivity index (χ2v) is 5.84. The van der Waals surface area contributed by atoms with E-state index in [1.54, 1.807) is 0 Å². The van der Waals surface area contributed by atoms with Gasteiger partial charge in [0.2, 0.25) is 0 Å². The van der Waals surface area contributed by atoms with Crippen molar-refractivity contribution < 1.29 is 4.74 Å². The van der Waals surface area contributed by atoms with Crippen LogP contribution >= 0.6 is 0 Å². The zero-order chi connectivity index (χ0) is 10.2.